The molecule has 0 saturated carbocycles. The first kappa shape index (κ1) is 19.4. The van der Waals surface area contributed by atoms with Crippen LogP contribution >= 0.6 is 0 Å². The van der Waals surface area contributed by atoms with Crippen molar-refractivity contribution >= 4 is 16.9 Å². The average Bonchev–Trinajstić information content (AvgIpc) is 3.05. The number of carbonyl (C=O) groups is 1. The van der Waals surface area contributed by atoms with Crippen molar-refractivity contribution in [3.05, 3.63) is 97.8 Å². The van der Waals surface area contributed by atoms with E-state index in [2.05, 4.69) is 10.3 Å². The highest BCUT2D eigenvalue weighted by atomic mass is 16.2. The number of aromatic amines is 1. The van der Waals surface area contributed by atoms with Crippen LogP contribution in [0.15, 0.2) is 64.3 Å². The molecule has 4 rings (SSSR count). The number of nitrogens with zero attached hydrogens (tertiary/aromatic N) is 2. The lowest BCUT2D eigenvalue weighted by Gasteiger charge is -2.07. The molecule has 0 aliphatic rings. The molecular formula is C23H22N4O3. The molecule has 1 amide bonds. The van der Waals surface area contributed by atoms with Gasteiger partial charge in [-0.2, -0.15) is 0 Å². The number of nitrogens with one attached hydrogen (secondary N) is 2. The highest BCUT2D eigenvalue weighted by Gasteiger charge is 2.20. The molecule has 2 aromatic carbocycles. The summed E-state index contributed by atoms with van der Waals surface area (Å²) in [7, 11) is 1.68. The number of carbonyl (C=O) groups excluding carboxylic acids is 1. The summed E-state index contributed by atoms with van der Waals surface area (Å²) in [5.74, 6) is -0.357. The number of aryl methyl sites for hydroxylation is 3. The van der Waals surface area contributed by atoms with E-state index >= 15 is 0 Å². The van der Waals surface area contributed by atoms with E-state index in [1.165, 1.54) is 0 Å². The normalized spacial score (nSPS) is 11.0. The van der Waals surface area contributed by atoms with Gasteiger partial charge in [0.05, 0.1) is 16.8 Å². The van der Waals surface area contributed by atoms with Crippen molar-refractivity contribution in [2.24, 2.45) is 7.05 Å². The minimum Gasteiger partial charge on any atom is -0.348 e. The predicted molar refractivity (Wildman–Crippen MR) is 116 cm³/mol. The number of benzene rings is 2. The van der Waals surface area contributed by atoms with Gasteiger partial charge in [0.15, 0.2) is 0 Å². The lowest BCUT2D eigenvalue weighted by molar-refractivity contribution is 0.0952. The van der Waals surface area contributed by atoms with E-state index in [4.69, 9.17) is 0 Å². The Hall–Kier alpha value is -3.87. The molecule has 2 heterocycles. The first-order chi connectivity index (χ1) is 14.3. The van der Waals surface area contributed by atoms with Gasteiger partial charge < -0.3 is 14.9 Å². The molecular weight excluding hydrogens is 380 g/mol. The standard InChI is InChI=1S/C23H22N4O3/c1-14-4-8-16(9-5-14)12-24-21(28)18-13-26(3)20-19(18)25-23(30)27(22(20)29)17-10-6-15(2)7-11-17/h4-11,13H,12H2,1-3H3,(H,24,28)(H,25,30). The second kappa shape index (κ2) is 7.51. The number of hydrogen-bond donors (Lipinski definition) is 2. The molecule has 2 N–H and O–H groups in total. The van der Waals surface area contributed by atoms with Crippen LogP contribution in [0.2, 0.25) is 0 Å². The summed E-state index contributed by atoms with van der Waals surface area (Å²) in [5, 5.41) is 2.85. The van der Waals surface area contributed by atoms with Gasteiger partial charge >= 0.3 is 5.69 Å². The summed E-state index contributed by atoms with van der Waals surface area (Å²) in [6, 6.07) is 14.9. The van der Waals surface area contributed by atoms with Crippen LogP contribution in [-0.2, 0) is 13.6 Å². The van der Waals surface area contributed by atoms with E-state index in [1.54, 1.807) is 29.9 Å². The fraction of sp³-hybridized carbons (Fsp3) is 0.174. The summed E-state index contributed by atoms with van der Waals surface area (Å²) in [6.07, 6.45) is 1.56. The van der Waals surface area contributed by atoms with Crippen LogP contribution in [-0.4, -0.2) is 20.0 Å². The zero-order valence-electron chi connectivity index (χ0n) is 17.0. The van der Waals surface area contributed by atoms with E-state index in [1.807, 2.05) is 50.2 Å². The second-order valence-electron chi connectivity index (χ2n) is 7.45. The molecule has 0 aliphatic carbocycles. The summed E-state index contributed by atoms with van der Waals surface area (Å²) in [5.41, 5.74) is 3.28. The molecule has 0 fully saturated rings. The third-order valence-corrected chi connectivity index (χ3v) is 5.13. The van der Waals surface area contributed by atoms with Crippen molar-refractivity contribution in [1.82, 2.24) is 19.4 Å². The Balaban J connectivity index is 1.73. The zero-order chi connectivity index (χ0) is 21.4. The Labute approximate surface area is 172 Å². The monoisotopic (exact) mass is 402 g/mol. The molecule has 30 heavy (non-hydrogen) atoms. The molecule has 0 aliphatic heterocycles. The number of amides is 1. The van der Waals surface area contributed by atoms with Gasteiger partial charge in [-0.3, -0.25) is 9.59 Å². The van der Waals surface area contributed by atoms with Crippen molar-refractivity contribution in [1.29, 1.82) is 0 Å². The molecule has 7 nitrogen and oxygen atoms in total. The highest BCUT2D eigenvalue weighted by Crippen LogP contribution is 2.15. The van der Waals surface area contributed by atoms with E-state index in [0.717, 1.165) is 21.3 Å². The van der Waals surface area contributed by atoms with Gasteiger partial charge in [-0.1, -0.05) is 47.5 Å². The van der Waals surface area contributed by atoms with Gasteiger partial charge in [0.1, 0.15) is 5.52 Å². The molecule has 0 spiro atoms. The van der Waals surface area contributed by atoms with E-state index < -0.39 is 11.2 Å². The number of hydrogen-bond acceptors (Lipinski definition) is 3. The molecule has 7 heteroatoms. The Morgan fingerprint density at radius 1 is 0.967 bits per heavy atom. The summed E-state index contributed by atoms with van der Waals surface area (Å²) in [4.78, 5) is 41.3. The van der Waals surface area contributed by atoms with Crippen LogP contribution in [0.5, 0.6) is 0 Å². The third kappa shape index (κ3) is 3.45. The van der Waals surface area contributed by atoms with E-state index in [-0.39, 0.29) is 22.5 Å². The van der Waals surface area contributed by atoms with Crippen molar-refractivity contribution in [3.63, 3.8) is 0 Å². The Morgan fingerprint density at radius 2 is 1.57 bits per heavy atom. The molecule has 152 valence electrons. The number of rotatable bonds is 4. The van der Waals surface area contributed by atoms with Gasteiger partial charge in [0, 0.05) is 19.8 Å². The molecule has 0 bridgehead atoms. The molecule has 0 saturated heterocycles. The number of fused-ring (bicyclic) bond motifs is 1. The van der Waals surface area contributed by atoms with Crippen LogP contribution in [0.1, 0.15) is 27.0 Å². The van der Waals surface area contributed by atoms with Crippen LogP contribution in [0.4, 0.5) is 0 Å². The molecule has 0 radical (unpaired) electrons. The van der Waals surface area contributed by atoms with Crippen molar-refractivity contribution in [2.45, 2.75) is 20.4 Å². The Bertz CT molecular complexity index is 1360. The van der Waals surface area contributed by atoms with Gasteiger partial charge in [-0.05, 0) is 31.5 Å². The lowest BCUT2D eigenvalue weighted by Crippen LogP contribution is -2.34. The smallest absolute Gasteiger partial charge is 0.333 e. The number of aromatic nitrogens is 3. The maximum atomic E-state index is 13.1. The van der Waals surface area contributed by atoms with Gasteiger partial charge in [0.2, 0.25) is 0 Å². The maximum Gasteiger partial charge on any atom is 0.333 e. The highest BCUT2D eigenvalue weighted by molar-refractivity contribution is 6.05. The summed E-state index contributed by atoms with van der Waals surface area (Å²) in [6.45, 7) is 4.27. The summed E-state index contributed by atoms with van der Waals surface area (Å²) < 4.78 is 2.65. The first-order valence-corrected chi connectivity index (χ1v) is 9.60. The van der Waals surface area contributed by atoms with Crippen molar-refractivity contribution < 1.29 is 4.79 Å². The Morgan fingerprint density at radius 3 is 2.20 bits per heavy atom. The zero-order valence-corrected chi connectivity index (χ0v) is 17.0. The molecule has 0 atom stereocenters. The summed E-state index contributed by atoms with van der Waals surface area (Å²) >= 11 is 0. The quantitative estimate of drug-likeness (QED) is 0.550. The van der Waals surface area contributed by atoms with Gasteiger partial charge in [0.25, 0.3) is 11.5 Å². The van der Waals surface area contributed by atoms with E-state index in [0.29, 0.717) is 12.2 Å². The molecule has 0 unspecified atom stereocenters. The third-order valence-electron chi connectivity index (χ3n) is 5.13. The maximum absolute atomic E-state index is 13.1. The average molecular weight is 402 g/mol. The van der Waals surface area contributed by atoms with Crippen LogP contribution in [0.25, 0.3) is 16.7 Å². The fourth-order valence-corrected chi connectivity index (χ4v) is 3.46. The topological polar surface area (TPSA) is 88.9 Å². The molecule has 2 aromatic heterocycles. The van der Waals surface area contributed by atoms with Crippen molar-refractivity contribution in [3.8, 4) is 5.69 Å². The lowest BCUT2D eigenvalue weighted by atomic mass is 10.1. The SMILES string of the molecule is Cc1ccc(CNC(=O)c2cn(C)c3c(=O)n(-c4ccc(C)cc4)c(=O)[nH]c23)cc1. The minimum absolute atomic E-state index is 0.234. The van der Waals surface area contributed by atoms with Crippen LogP contribution in [0.3, 0.4) is 0 Å². The van der Waals surface area contributed by atoms with Crippen LogP contribution in [0, 0.1) is 13.8 Å². The minimum atomic E-state index is -0.588. The van der Waals surface area contributed by atoms with Crippen molar-refractivity contribution in [2.75, 3.05) is 0 Å². The predicted octanol–water partition coefficient (Wildman–Crippen LogP) is 2.56. The van der Waals surface area contributed by atoms with E-state index in [9.17, 15) is 14.4 Å². The fourth-order valence-electron chi connectivity index (χ4n) is 3.46. The Kier molecular flexibility index (Phi) is 4.87. The van der Waals surface area contributed by atoms with Gasteiger partial charge in [-0.25, -0.2) is 9.36 Å². The number of H-pyrrole nitrogens is 1. The van der Waals surface area contributed by atoms with Crippen LogP contribution < -0.4 is 16.6 Å². The van der Waals surface area contributed by atoms with Gasteiger partial charge in [-0.15, -0.1) is 0 Å². The molecule has 4 aromatic rings. The second-order valence-corrected chi connectivity index (χ2v) is 7.45. The largest absolute Gasteiger partial charge is 0.348 e. The first-order valence-electron chi connectivity index (χ1n) is 9.60.